The second kappa shape index (κ2) is 6.44. The molecule has 1 fully saturated rings. The zero-order valence-corrected chi connectivity index (χ0v) is 16.2. The number of nitrogens with two attached hydrogens (primary N) is 1. The second-order valence-electron chi connectivity index (χ2n) is 7.89. The average molecular weight is 426 g/mol. The molecule has 3 N–H and O–H groups in total. The van der Waals surface area contributed by atoms with Crippen molar-refractivity contribution in [2.75, 3.05) is 0 Å². The molecule has 2 aromatic heterocycles. The van der Waals surface area contributed by atoms with Crippen molar-refractivity contribution in [1.82, 2.24) is 14.8 Å². The number of amides is 1. The number of nitrogens with one attached hydrogen (secondary N) is 1. The first kappa shape index (κ1) is 19.3. The Kier molecular flexibility index (Phi) is 4.02. The van der Waals surface area contributed by atoms with Crippen molar-refractivity contribution in [3.63, 3.8) is 0 Å². The van der Waals surface area contributed by atoms with E-state index in [1.165, 1.54) is 6.20 Å². The van der Waals surface area contributed by atoms with E-state index in [2.05, 4.69) is 10.2 Å². The molecule has 0 bridgehead atoms. The number of halogens is 3. The van der Waals surface area contributed by atoms with Crippen LogP contribution >= 0.6 is 0 Å². The molecule has 6 nitrogen and oxygen atoms in total. The van der Waals surface area contributed by atoms with Gasteiger partial charge in [-0.15, -0.1) is 0 Å². The minimum absolute atomic E-state index is 0.0931. The lowest BCUT2D eigenvalue weighted by molar-refractivity contribution is -0.140. The maximum Gasteiger partial charge on any atom is 0.406 e. The van der Waals surface area contributed by atoms with Gasteiger partial charge < -0.3 is 5.73 Å². The van der Waals surface area contributed by atoms with E-state index in [0.717, 1.165) is 10.1 Å². The molecular weight excluding hydrogens is 409 g/mol. The Morgan fingerprint density at radius 3 is 2.58 bits per heavy atom. The topological polar surface area (TPSA) is 93.8 Å². The normalized spacial score (nSPS) is 15.5. The van der Waals surface area contributed by atoms with Crippen LogP contribution in [0.2, 0.25) is 0 Å². The number of primary amides is 1. The lowest BCUT2D eigenvalue weighted by Crippen LogP contribution is -2.29. The molecule has 2 aromatic carbocycles. The van der Waals surface area contributed by atoms with E-state index in [0.29, 0.717) is 34.9 Å². The second-order valence-corrected chi connectivity index (χ2v) is 7.89. The van der Waals surface area contributed by atoms with Crippen molar-refractivity contribution >= 4 is 27.7 Å². The Balaban J connectivity index is 1.79. The maximum atomic E-state index is 13.3. The predicted molar refractivity (Wildman–Crippen MR) is 109 cm³/mol. The van der Waals surface area contributed by atoms with E-state index in [1.807, 2.05) is 6.07 Å². The summed E-state index contributed by atoms with van der Waals surface area (Å²) < 4.78 is 40.6. The van der Waals surface area contributed by atoms with Gasteiger partial charge in [0.15, 0.2) is 0 Å². The molecular formula is C22H17F3N4O2. The summed E-state index contributed by atoms with van der Waals surface area (Å²) in [6, 6.07) is 12.2. The molecule has 2 heterocycles. The molecule has 4 aromatic rings. The first-order valence-corrected chi connectivity index (χ1v) is 9.67. The highest BCUT2D eigenvalue weighted by Crippen LogP contribution is 2.51. The van der Waals surface area contributed by atoms with Crippen LogP contribution in [0.25, 0.3) is 32.9 Å². The Morgan fingerprint density at radius 1 is 1.16 bits per heavy atom. The van der Waals surface area contributed by atoms with E-state index in [9.17, 15) is 22.8 Å². The van der Waals surface area contributed by atoms with Crippen LogP contribution in [0.4, 0.5) is 13.2 Å². The maximum absolute atomic E-state index is 13.3. The molecule has 0 aliphatic heterocycles. The van der Waals surface area contributed by atoms with Crippen molar-refractivity contribution in [2.24, 2.45) is 5.73 Å². The number of fused-ring (bicyclic) bond motifs is 3. The molecule has 0 spiro atoms. The van der Waals surface area contributed by atoms with Crippen LogP contribution in [0.5, 0.6) is 0 Å². The molecule has 1 amide bonds. The minimum atomic E-state index is -4.58. The lowest BCUT2D eigenvalue weighted by atomic mass is 9.87. The number of alkyl halides is 3. The number of hydrogen-bond acceptors (Lipinski definition) is 3. The fourth-order valence-electron chi connectivity index (χ4n) is 4.30. The molecule has 0 radical (unpaired) electrons. The van der Waals surface area contributed by atoms with Crippen LogP contribution in [-0.2, 0) is 16.8 Å². The van der Waals surface area contributed by atoms with Gasteiger partial charge in [-0.05, 0) is 35.6 Å². The van der Waals surface area contributed by atoms with Crippen LogP contribution < -0.4 is 11.3 Å². The van der Waals surface area contributed by atoms with Gasteiger partial charge in [0, 0.05) is 5.39 Å². The van der Waals surface area contributed by atoms with Crippen molar-refractivity contribution in [3.8, 4) is 11.1 Å². The number of rotatable bonds is 4. The summed E-state index contributed by atoms with van der Waals surface area (Å²) in [7, 11) is 0. The first-order valence-electron chi connectivity index (χ1n) is 9.67. The average Bonchev–Trinajstić information content (AvgIpc) is 3.40. The van der Waals surface area contributed by atoms with Crippen LogP contribution in [0.15, 0.2) is 53.5 Å². The third kappa shape index (κ3) is 2.99. The number of carbonyl (C=O) groups is 1. The van der Waals surface area contributed by atoms with Crippen LogP contribution in [0, 0.1) is 0 Å². The van der Waals surface area contributed by atoms with Gasteiger partial charge in [-0.1, -0.05) is 36.4 Å². The highest BCUT2D eigenvalue weighted by atomic mass is 19.4. The third-order valence-electron chi connectivity index (χ3n) is 5.99. The zero-order chi connectivity index (χ0) is 22.0. The van der Waals surface area contributed by atoms with E-state index < -0.39 is 29.6 Å². The van der Waals surface area contributed by atoms with Crippen LogP contribution in [0.3, 0.4) is 0 Å². The van der Waals surface area contributed by atoms with Gasteiger partial charge in [-0.25, -0.2) is 0 Å². The van der Waals surface area contributed by atoms with Crippen LogP contribution in [0.1, 0.15) is 18.4 Å². The molecule has 9 heteroatoms. The molecule has 1 saturated carbocycles. The summed E-state index contributed by atoms with van der Waals surface area (Å²) >= 11 is 0. The molecule has 1 aliphatic rings. The number of aromatic amines is 1. The fourth-order valence-corrected chi connectivity index (χ4v) is 4.30. The number of H-pyrrole nitrogens is 1. The summed E-state index contributed by atoms with van der Waals surface area (Å²) in [5, 5.41) is 7.09. The van der Waals surface area contributed by atoms with E-state index >= 15 is 0 Å². The van der Waals surface area contributed by atoms with Crippen molar-refractivity contribution < 1.29 is 18.0 Å². The fraction of sp³-hybridized carbons (Fsp3) is 0.227. The Hall–Kier alpha value is -3.62. The first-order chi connectivity index (χ1) is 14.7. The van der Waals surface area contributed by atoms with Crippen molar-refractivity contribution in [2.45, 2.75) is 31.0 Å². The number of aromatic nitrogens is 3. The van der Waals surface area contributed by atoms with Gasteiger partial charge in [0.05, 0.1) is 28.0 Å². The largest absolute Gasteiger partial charge is 0.406 e. The minimum Gasteiger partial charge on any atom is -0.369 e. The monoisotopic (exact) mass is 426 g/mol. The SMILES string of the molecule is NC(=O)C1(c2ccccc2-c2ccc3c4[nH]ncc4c(=O)n(CC(F)(F)F)c3c2)CC1. The van der Waals surface area contributed by atoms with Crippen molar-refractivity contribution in [1.29, 1.82) is 0 Å². The molecule has 1 aliphatic carbocycles. The van der Waals surface area contributed by atoms with Crippen LogP contribution in [-0.4, -0.2) is 26.8 Å². The smallest absolute Gasteiger partial charge is 0.369 e. The molecule has 0 atom stereocenters. The Labute approximate surface area is 173 Å². The standard InChI is InChI=1S/C22H17F3N4O2/c23-22(24,25)11-29-17-9-12(5-6-14(17)18-15(19(29)30)10-27-28-18)13-3-1-2-4-16(13)21(7-8-21)20(26)31/h1-6,9-10H,7-8,11H2,(H2,26,31)(H,27,28). The number of hydrogen-bond donors (Lipinski definition) is 2. The van der Waals surface area contributed by atoms with Crippen molar-refractivity contribution in [3.05, 3.63) is 64.6 Å². The molecule has 5 rings (SSSR count). The number of pyridine rings is 1. The zero-order valence-electron chi connectivity index (χ0n) is 16.2. The number of carbonyl (C=O) groups excluding carboxylic acids is 1. The molecule has 0 unspecified atom stereocenters. The van der Waals surface area contributed by atoms with E-state index in [4.69, 9.17) is 5.73 Å². The molecule has 31 heavy (non-hydrogen) atoms. The third-order valence-corrected chi connectivity index (χ3v) is 5.99. The van der Waals surface area contributed by atoms with E-state index in [1.54, 1.807) is 36.4 Å². The summed E-state index contributed by atoms with van der Waals surface area (Å²) in [6.07, 6.45) is -2.09. The lowest BCUT2D eigenvalue weighted by Gasteiger charge is -2.18. The van der Waals surface area contributed by atoms with Gasteiger partial charge in [0.2, 0.25) is 5.91 Å². The Morgan fingerprint density at radius 2 is 1.90 bits per heavy atom. The quantitative estimate of drug-likeness (QED) is 0.522. The summed E-state index contributed by atoms with van der Waals surface area (Å²) in [4.78, 5) is 24.9. The van der Waals surface area contributed by atoms with Gasteiger partial charge in [-0.2, -0.15) is 18.3 Å². The molecule has 0 saturated heterocycles. The van der Waals surface area contributed by atoms with Gasteiger partial charge >= 0.3 is 6.18 Å². The summed E-state index contributed by atoms with van der Waals surface area (Å²) in [5.41, 5.74) is 6.69. The summed E-state index contributed by atoms with van der Waals surface area (Å²) in [6.45, 7) is -1.42. The predicted octanol–water partition coefficient (Wildman–Crippen LogP) is 3.62. The highest BCUT2D eigenvalue weighted by Gasteiger charge is 2.51. The summed E-state index contributed by atoms with van der Waals surface area (Å²) in [5.74, 6) is -0.422. The number of nitrogens with zero attached hydrogens (tertiary/aromatic N) is 2. The Bertz CT molecular complexity index is 1410. The van der Waals surface area contributed by atoms with Gasteiger partial charge in [0.25, 0.3) is 5.56 Å². The highest BCUT2D eigenvalue weighted by molar-refractivity contribution is 6.04. The molecule has 158 valence electrons. The van der Waals surface area contributed by atoms with Gasteiger partial charge in [0.1, 0.15) is 6.54 Å². The van der Waals surface area contributed by atoms with Gasteiger partial charge in [-0.3, -0.25) is 19.3 Å². The number of benzene rings is 2. The van der Waals surface area contributed by atoms with E-state index in [-0.39, 0.29) is 10.9 Å².